The highest BCUT2D eigenvalue weighted by molar-refractivity contribution is 7.88. The lowest BCUT2D eigenvalue weighted by atomic mass is 9.79. The highest BCUT2D eigenvalue weighted by Crippen LogP contribution is 2.32. The molecule has 17 heavy (non-hydrogen) atoms. The van der Waals surface area contributed by atoms with E-state index in [-0.39, 0.29) is 11.8 Å². The van der Waals surface area contributed by atoms with Gasteiger partial charge in [0.05, 0.1) is 11.5 Å². The largest absolute Gasteiger partial charge is 0.388 e. The molecule has 0 fully saturated rings. The van der Waals surface area contributed by atoms with E-state index in [0.717, 1.165) is 12.2 Å². The SMILES string of the molecule is CCNC1=CC=CC2(C)NS(=O)(=O)N=C(N)C12. The van der Waals surface area contributed by atoms with Crippen molar-refractivity contribution in [2.45, 2.75) is 19.4 Å². The minimum Gasteiger partial charge on any atom is -0.388 e. The van der Waals surface area contributed by atoms with Crippen molar-refractivity contribution in [2.75, 3.05) is 6.54 Å². The molecule has 2 rings (SSSR count). The zero-order valence-corrected chi connectivity index (χ0v) is 10.6. The standard InChI is InChI=1S/C10H16N4O2S/c1-3-12-7-5-4-6-10(2)8(7)9(11)13-17(15,16)14-10/h4-6,8,12,14H,3H2,1-2H3,(H2,11,13). The second-order valence-electron chi connectivity index (χ2n) is 4.32. The van der Waals surface area contributed by atoms with E-state index in [9.17, 15) is 8.42 Å². The van der Waals surface area contributed by atoms with Crippen molar-refractivity contribution in [3.05, 3.63) is 23.9 Å². The Labute approximate surface area is 101 Å². The van der Waals surface area contributed by atoms with Gasteiger partial charge in [-0.2, -0.15) is 13.1 Å². The third-order valence-corrected chi connectivity index (χ3v) is 4.03. The molecule has 6 nitrogen and oxygen atoms in total. The first kappa shape index (κ1) is 12.1. The zero-order valence-electron chi connectivity index (χ0n) is 9.77. The minimum absolute atomic E-state index is 0.114. The molecule has 94 valence electrons. The molecule has 0 aromatic rings. The van der Waals surface area contributed by atoms with E-state index in [4.69, 9.17) is 5.73 Å². The van der Waals surface area contributed by atoms with Gasteiger partial charge in [0.1, 0.15) is 5.84 Å². The molecule has 7 heteroatoms. The third-order valence-electron chi connectivity index (χ3n) is 2.88. The predicted molar refractivity (Wildman–Crippen MR) is 66.5 cm³/mol. The van der Waals surface area contributed by atoms with Gasteiger partial charge in [-0.3, -0.25) is 0 Å². The quantitative estimate of drug-likeness (QED) is 0.628. The van der Waals surface area contributed by atoms with Gasteiger partial charge in [0.2, 0.25) is 0 Å². The first-order valence-electron chi connectivity index (χ1n) is 5.40. The summed E-state index contributed by atoms with van der Waals surface area (Å²) in [6.45, 7) is 4.50. The number of nitrogens with one attached hydrogen (secondary N) is 2. The van der Waals surface area contributed by atoms with Crippen molar-refractivity contribution >= 4 is 16.0 Å². The smallest absolute Gasteiger partial charge is 0.322 e. The van der Waals surface area contributed by atoms with Crippen LogP contribution >= 0.6 is 0 Å². The summed E-state index contributed by atoms with van der Waals surface area (Å²) in [5.74, 6) is -0.168. The van der Waals surface area contributed by atoms with Crippen LogP contribution in [0.5, 0.6) is 0 Å². The van der Waals surface area contributed by atoms with Crippen molar-refractivity contribution in [2.24, 2.45) is 16.0 Å². The van der Waals surface area contributed by atoms with Crippen LogP contribution in [0.15, 0.2) is 28.3 Å². The molecule has 0 radical (unpaired) electrons. The Balaban J connectivity index is 2.50. The van der Waals surface area contributed by atoms with Crippen LogP contribution in [0.2, 0.25) is 0 Å². The average Bonchev–Trinajstić information content (AvgIpc) is 2.13. The maximum absolute atomic E-state index is 11.5. The highest BCUT2D eigenvalue weighted by Gasteiger charge is 2.45. The molecule has 4 N–H and O–H groups in total. The lowest BCUT2D eigenvalue weighted by Gasteiger charge is -2.40. The van der Waals surface area contributed by atoms with Crippen molar-refractivity contribution in [3.8, 4) is 0 Å². The number of rotatable bonds is 2. The van der Waals surface area contributed by atoms with Crippen LogP contribution in [0.25, 0.3) is 0 Å². The topological polar surface area (TPSA) is 96.6 Å². The number of fused-ring (bicyclic) bond motifs is 1. The fourth-order valence-corrected chi connectivity index (χ4v) is 3.45. The molecule has 0 bridgehead atoms. The molecule has 2 atom stereocenters. The molecular weight excluding hydrogens is 240 g/mol. The lowest BCUT2D eigenvalue weighted by Crippen LogP contribution is -2.60. The number of amidine groups is 1. The van der Waals surface area contributed by atoms with Crippen LogP contribution < -0.4 is 15.8 Å². The van der Waals surface area contributed by atoms with Gasteiger partial charge < -0.3 is 11.1 Å². The molecule has 2 aliphatic rings. The average molecular weight is 256 g/mol. The number of hydrogen-bond acceptors (Lipinski definition) is 4. The molecule has 0 saturated heterocycles. The molecular formula is C10H16N4O2S. The van der Waals surface area contributed by atoms with Gasteiger partial charge in [-0.25, -0.2) is 0 Å². The molecule has 0 spiro atoms. The van der Waals surface area contributed by atoms with E-state index in [0.29, 0.717) is 0 Å². The first-order valence-corrected chi connectivity index (χ1v) is 6.84. The Hall–Kier alpha value is -1.34. The maximum Gasteiger partial charge on any atom is 0.322 e. The number of nitrogens with zero attached hydrogens (tertiary/aromatic N) is 1. The first-order chi connectivity index (χ1) is 7.88. The van der Waals surface area contributed by atoms with Crippen LogP contribution in [0.3, 0.4) is 0 Å². The highest BCUT2D eigenvalue weighted by atomic mass is 32.2. The lowest BCUT2D eigenvalue weighted by molar-refractivity contribution is 0.416. The Morgan fingerprint density at radius 2 is 2.35 bits per heavy atom. The van der Waals surface area contributed by atoms with Gasteiger partial charge in [0.15, 0.2) is 0 Å². The molecule has 1 heterocycles. The summed E-state index contributed by atoms with van der Waals surface area (Å²) in [5, 5.41) is 3.18. The fraction of sp³-hybridized carbons (Fsp3) is 0.500. The van der Waals surface area contributed by atoms with E-state index < -0.39 is 15.7 Å². The predicted octanol–water partition coefficient (Wildman–Crippen LogP) is -0.370. The molecule has 0 aromatic carbocycles. The summed E-state index contributed by atoms with van der Waals surface area (Å²) in [6.07, 6.45) is 5.49. The summed E-state index contributed by atoms with van der Waals surface area (Å²) in [7, 11) is -3.69. The summed E-state index contributed by atoms with van der Waals surface area (Å²) < 4.78 is 29.1. The Morgan fingerprint density at radius 1 is 1.65 bits per heavy atom. The molecule has 1 aliphatic heterocycles. The summed E-state index contributed by atoms with van der Waals surface area (Å²) in [6, 6.07) is 0. The van der Waals surface area contributed by atoms with Crippen molar-refractivity contribution in [1.29, 1.82) is 0 Å². The van der Waals surface area contributed by atoms with Crippen LogP contribution in [0.1, 0.15) is 13.8 Å². The van der Waals surface area contributed by atoms with Gasteiger partial charge >= 0.3 is 10.2 Å². The number of nitrogens with two attached hydrogens (primary N) is 1. The Kier molecular flexibility index (Phi) is 2.75. The summed E-state index contributed by atoms with van der Waals surface area (Å²) in [4.78, 5) is 0. The van der Waals surface area contributed by atoms with Crippen LogP contribution in [0.4, 0.5) is 0 Å². The van der Waals surface area contributed by atoms with E-state index in [2.05, 4.69) is 14.4 Å². The van der Waals surface area contributed by atoms with Gasteiger partial charge in [0.25, 0.3) is 0 Å². The second-order valence-corrected chi connectivity index (χ2v) is 5.66. The van der Waals surface area contributed by atoms with Crippen molar-refractivity contribution in [1.82, 2.24) is 10.0 Å². The maximum atomic E-state index is 11.5. The second kappa shape index (κ2) is 3.85. The molecule has 0 amide bonds. The van der Waals surface area contributed by atoms with E-state index in [1.165, 1.54) is 0 Å². The van der Waals surface area contributed by atoms with Crippen LogP contribution in [0, 0.1) is 5.92 Å². The Bertz CT molecular complexity index is 520. The van der Waals surface area contributed by atoms with Crippen molar-refractivity contribution in [3.63, 3.8) is 0 Å². The van der Waals surface area contributed by atoms with Gasteiger partial charge in [-0.05, 0) is 19.9 Å². The van der Waals surface area contributed by atoms with E-state index in [1.54, 1.807) is 13.0 Å². The normalized spacial score (nSPS) is 34.6. The number of hydrogen-bond donors (Lipinski definition) is 3. The number of allylic oxidation sites excluding steroid dienone is 2. The van der Waals surface area contributed by atoms with Gasteiger partial charge in [-0.15, -0.1) is 4.40 Å². The third kappa shape index (κ3) is 2.07. The fourth-order valence-electron chi connectivity index (χ4n) is 2.28. The van der Waals surface area contributed by atoms with Crippen LogP contribution in [-0.2, 0) is 10.2 Å². The molecule has 1 aliphatic carbocycles. The van der Waals surface area contributed by atoms with E-state index >= 15 is 0 Å². The Morgan fingerprint density at radius 3 is 3.00 bits per heavy atom. The van der Waals surface area contributed by atoms with Crippen LogP contribution in [-0.4, -0.2) is 26.3 Å². The zero-order chi connectivity index (χ0) is 12.7. The van der Waals surface area contributed by atoms with Crippen molar-refractivity contribution < 1.29 is 8.42 Å². The van der Waals surface area contributed by atoms with E-state index in [1.807, 2.05) is 19.1 Å². The molecule has 2 unspecified atom stereocenters. The monoisotopic (exact) mass is 256 g/mol. The summed E-state index contributed by atoms with van der Waals surface area (Å²) in [5.41, 5.74) is 5.91. The molecule has 0 aromatic heterocycles. The molecule has 0 saturated carbocycles. The van der Waals surface area contributed by atoms with Gasteiger partial charge in [-0.1, -0.05) is 12.2 Å². The summed E-state index contributed by atoms with van der Waals surface area (Å²) >= 11 is 0. The van der Waals surface area contributed by atoms with Gasteiger partial charge in [0, 0.05) is 12.2 Å². The minimum atomic E-state index is -3.69.